The minimum absolute atomic E-state index is 0.0203. The third kappa shape index (κ3) is 2.12. The van der Waals surface area contributed by atoms with Crippen LogP contribution in [-0.4, -0.2) is 6.29 Å². The molecule has 0 aliphatic heterocycles. The van der Waals surface area contributed by atoms with Crippen LogP contribution in [0.2, 0.25) is 0 Å². The summed E-state index contributed by atoms with van der Waals surface area (Å²) in [6.07, 6.45) is 7.17. The van der Waals surface area contributed by atoms with E-state index in [0.717, 1.165) is 25.2 Å². The SMILES string of the molecule is CCC(C)C1(C=O)CCCC(C)C1. The van der Waals surface area contributed by atoms with Gasteiger partial charge in [-0.05, 0) is 24.7 Å². The number of hydrogen-bond donors (Lipinski definition) is 0. The first kappa shape index (κ1) is 10.7. The van der Waals surface area contributed by atoms with E-state index in [9.17, 15) is 4.79 Å². The molecule has 0 aromatic rings. The van der Waals surface area contributed by atoms with Crippen LogP contribution < -0.4 is 0 Å². The summed E-state index contributed by atoms with van der Waals surface area (Å²) in [5.41, 5.74) is 0.0203. The van der Waals surface area contributed by atoms with E-state index in [0.29, 0.717) is 5.92 Å². The Labute approximate surface area is 81.9 Å². The van der Waals surface area contributed by atoms with E-state index in [1.807, 2.05) is 0 Å². The van der Waals surface area contributed by atoms with Crippen LogP contribution in [0.3, 0.4) is 0 Å². The highest BCUT2D eigenvalue weighted by Crippen LogP contribution is 2.44. The number of carbonyl (C=O) groups is 1. The average Bonchev–Trinajstić information content (AvgIpc) is 2.16. The first-order valence-electron chi connectivity index (χ1n) is 5.61. The molecule has 0 N–H and O–H groups in total. The molecule has 0 radical (unpaired) electrons. The van der Waals surface area contributed by atoms with Gasteiger partial charge >= 0.3 is 0 Å². The molecule has 0 heterocycles. The molecule has 3 atom stereocenters. The lowest BCUT2D eigenvalue weighted by atomic mass is 9.64. The van der Waals surface area contributed by atoms with Crippen molar-refractivity contribution in [1.29, 1.82) is 0 Å². The van der Waals surface area contributed by atoms with Crippen molar-refractivity contribution in [3.8, 4) is 0 Å². The second-order valence-corrected chi connectivity index (χ2v) is 4.86. The van der Waals surface area contributed by atoms with E-state index in [1.165, 1.54) is 19.1 Å². The normalized spacial score (nSPS) is 37.0. The molecule has 0 aromatic carbocycles. The fraction of sp³-hybridized carbons (Fsp3) is 0.917. The monoisotopic (exact) mass is 182 g/mol. The number of rotatable bonds is 3. The molecule has 0 spiro atoms. The molecule has 0 bridgehead atoms. The maximum atomic E-state index is 11.2. The van der Waals surface area contributed by atoms with E-state index in [1.54, 1.807) is 0 Å². The lowest BCUT2D eigenvalue weighted by Gasteiger charge is -2.40. The van der Waals surface area contributed by atoms with Gasteiger partial charge in [-0.2, -0.15) is 0 Å². The molecule has 1 aliphatic carbocycles. The summed E-state index contributed by atoms with van der Waals surface area (Å²) in [6, 6.07) is 0. The van der Waals surface area contributed by atoms with Crippen molar-refractivity contribution in [3.05, 3.63) is 0 Å². The standard InChI is InChI=1S/C12H22O/c1-4-11(3)12(9-13)7-5-6-10(2)8-12/h9-11H,4-8H2,1-3H3. The van der Waals surface area contributed by atoms with Crippen LogP contribution >= 0.6 is 0 Å². The Morgan fingerprint density at radius 3 is 2.77 bits per heavy atom. The molecule has 1 saturated carbocycles. The minimum Gasteiger partial charge on any atom is -0.303 e. The molecule has 3 unspecified atom stereocenters. The van der Waals surface area contributed by atoms with Gasteiger partial charge in [-0.1, -0.05) is 40.0 Å². The Hall–Kier alpha value is -0.330. The first-order valence-corrected chi connectivity index (χ1v) is 5.61. The zero-order chi connectivity index (χ0) is 9.90. The molecular weight excluding hydrogens is 160 g/mol. The highest BCUT2D eigenvalue weighted by atomic mass is 16.1. The van der Waals surface area contributed by atoms with Crippen molar-refractivity contribution >= 4 is 6.29 Å². The van der Waals surface area contributed by atoms with Gasteiger partial charge in [-0.15, -0.1) is 0 Å². The van der Waals surface area contributed by atoms with Crippen LogP contribution in [0.4, 0.5) is 0 Å². The van der Waals surface area contributed by atoms with Gasteiger partial charge < -0.3 is 4.79 Å². The molecule has 76 valence electrons. The quantitative estimate of drug-likeness (QED) is 0.611. The maximum Gasteiger partial charge on any atom is 0.126 e. The van der Waals surface area contributed by atoms with E-state index < -0.39 is 0 Å². The third-order valence-electron chi connectivity index (χ3n) is 3.90. The zero-order valence-corrected chi connectivity index (χ0v) is 9.18. The van der Waals surface area contributed by atoms with Crippen molar-refractivity contribution in [2.45, 2.75) is 52.9 Å². The molecule has 1 rings (SSSR count). The third-order valence-corrected chi connectivity index (χ3v) is 3.90. The predicted molar refractivity (Wildman–Crippen MR) is 55.6 cm³/mol. The van der Waals surface area contributed by atoms with Crippen molar-refractivity contribution in [2.75, 3.05) is 0 Å². The molecule has 0 amide bonds. The predicted octanol–water partition coefficient (Wildman–Crippen LogP) is 3.43. The number of carbonyl (C=O) groups excluding carboxylic acids is 1. The molecule has 1 fully saturated rings. The molecular formula is C12H22O. The molecule has 13 heavy (non-hydrogen) atoms. The van der Waals surface area contributed by atoms with Crippen molar-refractivity contribution < 1.29 is 4.79 Å². The summed E-state index contributed by atoms with van der Waals surface area (Å²) in [6.45, 7) is 6.70. The Bertz CT molecular complexity index is 176. The summed E-state index contributed by atoms with van der Waals surface area (Å²) in [5.74, 6) is 1.31. The number of aldehydes is 1. The first-order chi connectivity index (χ1) is 6.14. The Balaban J connectivity index is 2.72. The second-order valence-electron chi connectivity index (χ2n) is 4.86. The smallest absolute Gasteiger partial charge is 0.126 e. The van der Waals surface area contributed by atoms with Gasteiger partial charge in [-0.3, -0.25) is 0 Å². The van der Waals surface area contributed by atoms with Crippen LogP contribution in [0.1, 0.15) is 52.9 Å². The highest BCUT2D eigenvalue weighted by molar-refractivity contribution is 5.60. The van der Waals surface area contributed by atoms with E-state index in [4.69, 9.17) is 0 Å². The van der Waals surface area contributed by atoms with Crippen molar-refractivity contribution in [1.82, 2.24) is 0 Å². The second kappa shape index (κ2) is 4.26. The summed E-state index contributed by atoms with van der Waals surface area (Å²) in [4.78, 5) is 11.2. The summed E-state index contributed by atoms with van der Waals surface area (Å²) in [5, 5.41) is 0. The highest BCUT2D eigenvalue weighted by Gasteiger charge is 2.38. The van der Waals surface area contributed by atoms with E-state index in [-0.39, 0.29) is 5.41 Å². The van der Waals surface area contributed by atoms with Gasteiger partial charge in [0.1, 0.15) is 6.29 Å². The van der Waals surface area contributed by atoms with Crippen LogP contribution in [0.5, 0.6) is 0 Å². The average molecular weight is 182 g/mol. The lowest BCUT2D eigenvalue weighted by molar-refractivity contribution is -0.122. The van der Waals surface area contributed by atoms with Gasteiger partial charge in [0.15, 0.2) is 0 Å². The molecule has 0 saturated heterocycles. The van der Waals surface area contributed by atoms with E-state index >= 15 is 0 Å². The summed E-state index contributed by atoms with van der Waals surface area (Å²) < 4.78 is 0. The van der Waals surface area contributed by atoms with Crippen molar-refractivity contribution in [3.63, 3.8) is 0 Å². The molecule has 1 heteroatoms. The fourth-order valence-corrected chi connectivity index (χ4v) is 2.71. The summed E-state index contributed by atoms with van der Waals surface area (Å²) in [7, 11) is 0. The van der Waals surface area contributed by atoms with Crippen LogP contribution in [-0.2, 0) is 4.79 Å². The van der Waals surface area contributed by atoms with Crippen molar-refractivity contribution in [2.24, 2.45) is 17.3 Å². The van der Waals surface area contributed by atoms with Crippen LogP contribution in [0.25, 0.3) is 0 Å². The minimum atomic E-state index is 0.0203. The van der Waals surface area contributed by atoms with Gasteiger partial charge in [0.25, 0.3) is 0 Å². The van der Waals surface area contributed by atoms with Gasteiger partial charge in [-0.25, -0.2) is 0 Å². The molecule has 1 nitrogen and oxygen atoms in total. The Morgan fingerprint density at radius 1 is 1.62 bits per heavy atom. The summed E-state index contributed by atoms with van der Waals surface area (Å²) >= 11 is 0. The van der Waals surface area contributed by atoms with Crippen LogP contribution in [0.15, 0.2) is 0 Å². The van der Waals surface area contributed by atoms with Crippen LogP contribution in [0, 0.1) is 17.3 Å². The molecule has 0 aromatic heterocycles. The van der Waals surface area contributed by atoms with Gasteiger partial charge in [0, 0.05) is 5.41 Å². The Morgan fingerprint density at radius 2 is 2.31 bits per heavy atom. The van der Waals surface area contributed by atoms with Gasteiger partial charge in [0.2, 0.25) is 0 Å². The Kier molecular flexibility index (Phi) is 3.52. The zero-order valence-electron chi connectivity index (χ0n) is 9.18. The fourth-order valence-electron chi connectivity index (χ4n) is 2.71. The number of hydrogen-bond acceptors (Lipinski definition) is 1. The molecule has 1 aliphatic rings. The largest absolute Gasteiger partial charge is 0.303 e. The topological polar surface area (TPSA) is 17.1 Å². The lowest BCUT2D eigenvalue weighted by Crippen LogP contribution is -2.35. The van der Waals surface area contributed by atoms with Gasteiger partial charge in [0.05, 0.1) is 0 Å². The van der Waals surface area contributed by atoms with E-state index in [2.05, 4.69) is 20.8 Å². The maximum absolute atomic E-state index is 11.2.